The van der Waals surface area contributed by atoms with Gasteiger partial charge in [0.05, 0.1) is 11.5 Å². The van der Waals surface area contributed by atoms with E-state index in [1.807, 2.05) is 73.0 Å². The van der Waals surface area contributed by atoms with Gasteiger partial charge in [-0.05, 0) is 53.8 Å². The van der Waals surface area contributed by atoms with Gasteiger partial charge in [0, 0.05) is 33.5 Å². The topological polar surface area (TPSA) is 29.1 Å². The Morgan fingerprint density at radius 1 is 0.861 bits per heavy atom. The first-order valence-electron chi connectivity index (χ1n) is 11.6. The maximum Gasteiger partial charge on any atom is 0.416 e. The lowest BCUT2D eigenvalue weighted by molar-refractivity contribution is -0.137. The Bertz CT molecular complexity index is 1330. The van der Waals surface area contributed by atoms with Crippen LogP contribution in [0.15, 0.2) is 90.3 Å². The second-order valence-corrected chi connectivity index (χ2v) is 10.5. The Morgan fingerprint density at radius 3 is 2.06 bits per heavy atom. The third kappa shape index (κ3) is 4.85. The molecule has 0 spiro atoms. The third-order valence-electron chi connectivity index (χ3n) is 6.80. The van der Waals surface area contributed by atoms with E-state index in [9.17, 15) is 18.0 Å². The minimum atomic E-state index is -4.43. The summed E-state index contributed by atoms with van der Waals surface area (Å²) in [6, 6.07) is 23.3. The number of carbonyl (C=O) groups excluding carboxylic acids is 1. The average Bonchev–Trinajstić information content (AvgIpc) is 3.52. The molecule has 0 bridgehead atoms. The molecule has 4 atom stereocenters. The van der Waals surface area contributed by atoms with E-state index in [-0.39, 0.29) is 17.7 Å². The molecule has 3 aromatic carbocycles. The summed E-state index contributed by atoms with van der Waals surface area (Å²) in [6.07, 6.45) is -4.43. The van der Waals surface area contributed by atoms with Crippen LogP contribution < -0.4 is 5.32 Å². The predicted molar refractivity (Wildman–Crippen MR) is 138 cm³/mol. The molecule has 1 fully saturated rings. The lowest BCUT2D eigenvalue weighted by atomic mass is 9.77. The van der Waals surface area contributed by atoms with E-state index in [1.54, 1.807) is 11.3 Å². The van der Waals surface area contributed by atoms with E-state index in [4.69, 9.17) is 11.6 Å². The van der Waals surface area contributed by atoms with Crippen molar-refractivity contribution in [1.82, 2.24) is 5.32 Å². The van der Waals surface area contributed by atoms with Crippen molar-refractivity contribution < 1.29 is 18.0 Å². The lowest BCUT2D eigenvalue weighted by Gasteiger charge is -2.24. The molecule has 0 amide bonds. The van der Waals surface area contributed by atoms with E-state index in [2.05, 4.69) is 5.32 Å². The Hall–Kier alpha value is -2.93. The summed E-state index contributed by atoms with van der Waals surface area (Å²) in [5.41, 5.74) is 2.53. The second-order valence-electron chi connectivity index (χ2n) is 9.09. The summed E-state index contributed by atoms with van der Waals surface area (Å²) in [4.78, 5) is 15.1. The van der Waals surface area contributed by atoms with Crippen LogP contribution in [0.2, 0.25) is 5.02 Å². The monoisotopic (exact) mass is 525 g/mol. The molecule has 7 heteroatoms. The van der Waals surface area contributed by atoms with Crippen molar-refractivity contribution in [2.75, 3.05) is 0 Å². The fourth-order valence-corrected chi connectivity index (χ4v) is 6.06. The van der Waals surface area contributed by atoms with Crippen molar-refractivity contribution in [3.63, 3.8) is 0 Å². The minimum absolute atomic E-state index is 0.0396. The van der Waals surface area contributed by atoms with Gasteiger partial charge in [-0.1, -0.05) is 71.8 Å². The van der Waals surface area contributed by atoms with Crippen molar-refractivity contribution in [3.8, 4) is 0 Å². The number of rotatable bonds is 5. The highest BCUT2D eigenvalue weighted by molar-refractivity contribution is 7.10. The van der Waals surface area contributed by atoms with Gasteiger partial charge in [0.25, 0.3) is 0 Å². The molecule has 4 aromatic rings. The van der Waals surface area contributed by atoms with Gasteiger partial charge >= 0.3 is 6.18 Å². The van der Waals surface area contributed by atoms with Gasteiger partial charge in [-0.15, -0.1) is 11.3 Å². The Balaban J connectivity index is 1.63. The molecule has 36 heavy (non-hydrogen) atoms. The molecule has 1 N–H and O–H groups in total. The molecule has 1 aromatic heterocycles. The highest BCUT2D eigenvalue weighted by Crippen LogP contribution is 2.52. The molecule has 0 aliphatic carbocycles. The average molecular weight is 526 g/mol. The minimum Gasteiger partial charge on any atom is -0.302 e. The van der Waals surface area contributed by atoms with Crippen molar-refractivity contribution >= 4 is 28.7 Å². The van der Waals surface area contributed by atoms with Crippen LogP contribution in [-0.2, 0) is 6.18 Å². The van der Waals surface area contributed by atoms with E-state index >= 15 is 0 Å². The SMILES string of the molecule is Cc1ccc(C(=O)[C@@H]2[C@@H](c3cccs3)[C@@H](c3ccc(Cl)cc3)N[C@@H]2c2ccc(C(F)(F)F)cc2)cc1. The van der Waals surface area contributed by atoms with Gasteiger partial charge < -0.3 is 5.32 Å². The Morgan fingerprint density at radius 2 is 1.47 bits per heavy atom. The molecule has 1 aliphatic rings. The summed E-state index contributed by atoms with van der Waals surface area (Å²) in [5.74, 6) is -0.779. The van der Waals surface area contributed by atoms with Crippen LogP contribution in [0.25, 0.3) is 0 Å². The van der Waals surface area contributed by atoms with Gasteiger partial charge in [0.1, 0.15) is 0 Å². The van der Waals surface area contributed by atoms with Crippen LogP contribution in [0.5, 0.6) is 0 Å². The molecule has 0 unspecified atom stereocenters. The highest BCUT2D eigenvalue weighted by atomic mass is 35.5. The number of halogens is 4. The summed E-state index contributed by atoms with van der Waals surface area (Å²) in [6.45, 7) is 1.96. The standard InChI is InChI=1S/C29H23ClF3NOS/c1-17-4-6-20(7-5-17)28(35)25-24(23-3-2-16-36-23)26(19-10-14-22(30)15-11-19)34-27(25)18-8-12-21(13-9-18)29(31,32)33/h2-16,24-27,34H,1H3/t24-,25-,26-,27-/m1/s1. The molecular formula is C29H23ClF3NOS. The molecule has 184 valence electrons. The van der Waals surface area contributed by atoms with E-state index in [0.29, 0.717) is 16.1 Å². The van der Waals surface area contributed by atoms with Crippen LogP contribution in [0, 0.1) is 12.8 Å². The summed E-state index contributed by atoms with van der Waals surface area (Å²) in [5, 5.41) is 6.20. The number of Topliss-reactive ketones (excluding diaryl/α,β-unsaturated/α-hetero) is 1. The molecule has 1 aliphatic heterocycles. The van der Waals surface area contributed by atoms with Crippen LogP contribution in [0.4, 0.5) is 13.2 Å². The summed E-state index contributed by atoms with van der Waals surface area (Å²) >= 11 is 7.71. The first kappa shape index (κ1) is 24.8. The van der Waals surface area contributed by atoms with Crippen LogP contribution in [0.3, 0.4) is 0 Å². The van der Waals surface area contributed by atoms with E-state index in [1.165, 1.54) is 12.1 Å². The number of hydrogen-bond donors (Lipinski definition) is 1. The second kappa shape index (κ2) is 9.85. The number of thiophene rings is 1. The van der Waals surface area contributed by atoms with Crippen LogP contribution >= 0.6 is 22.9 Å². The molecule has 5 rings (SSSR count). The Kier molecular flexibility index (Phi) is 6.77. The molecule has 1 saturated heterocycles. The fraction of sp³-hybridized carbons (Fsp3) is 0.207. The largest absolute Gasteiger partial charge is 0.416 e. The molecule has 0 saturated carbocycles. The fourth-order valence-electron chi connectivity index (χ4n) is 5.02. The predicted octanol–water partition coefficient (Wildman–Crippen LogP) is 8.40. The van der Waals surface area contributed by atoms with Crippen LogP contribution in [-0.4, -0.2) is 5.78 Å². The van der Waals surface area contributed by atoms with Gasteiger partial charge in [-0.25, -0.2) is 0 Å². The van der Waals surface area contributed by atoms with Gasteiger partial charge in [0.15, 0.2) is 5.78 Å². The normalized spacial score (nSPS) is 22.0. The van der Waals surface area contributed by atoms with Crippen LogP contribution in [0.1, 0.15) is 55.5 Å². The zero-order valence-corrected chi connectivity index (χ0v) is 20.9. The number of benzene rings is 3. The maximum atomic E-state index is 14.1. The van der Waals surface area contributed by atoms with Crippen molar-refractivity contribution in [2.24, 2.45) is 5.92 Å². The molecule has 0 radical (unpaired) electrons. The quantitative estimate of drug-likeness (QED) is 0.265. The number of ketones is 1. The lowest BCUT2D eigenvalue weighted by Crippen LogP contribution is -2.26. The van der Waals surface area contributed by atoms with Crippen molar-refractivity contribution in [3.05, 3.63) is 128 Å². The molecular weight excluding hydrogens is 503 g/mol. The molecule has 2 nitrogen and oxygen atoms in total. The number of aryl methyl sites for hydroxylation is 1. The third-order valence-corrected chi connectivity index (χ3v) is 8.03. The first-order chi connectivity index (χ1) is 17.2. The van der Waals surface area contributed by atoms with Gasteiger partial charge in [-0.3, -0.25) is 4.79 Å². The molecule has 2 heterocycles. The number of alkyl halides is 3. The zero-order chi connectivity index (χ0) is 25.4. The number of hydrogen-bond acceptors (Lipinski definition) is 3. The maximum absolute atomic E-state index is 14.1. The number of nitrogens with one attached hydrogen (secondary N) is 1. The zero-order valence-electron chi connectivity index (χ0n) is 19.3. The van der Waals surface area contributed by atoms with Crippen molar-refractivity contribution in [2.45, 2.75) is 31.1 Å². The smallest absolute Gasteiger partial charge is 0.302 e. The van der Waals surface area contributed by atoms with Gasteiger partial charge in [0.2, 0.25) is 0 Å². The van der Waals surface area contributed by atoms with Gasteiger partial charge in [-0.2, -0.15) is 13.2 Å². The van der Waals surface area contributed by atoms with Crippen molar-refractivity contribution in [1.29, 1.82) is 0 Å². The highest BCUT2D eigenvalue weighted by Gasteiger charge is 2.49. The number of carbonyl (C=O) groups is 1. The summed E-state index contributed by atoms with van der Waals surface area (Å²) < 4.78 is 39.7. The summed E-state index contributed by atoms with van der Waals surface area (Å²) in [7, 11) is 0. The van der Waals surface area contributed by atoms with E-state index < -0.39 is 23.7 Å². The first-order valence-corrected chi connectivity index (χ1v) is 12.8. The van der Waals surface area contributed by atoms with E-state index in [0.717, 1.165) is 28.1 Å². The Labute approximate surface area is 216 Å².